The summed E-state index contributed by atoms with van der Waals surface area (Å²) in [6.07, 6.45) is 3.83. The standard InChI is InChI=1S/C15H10F4N2O2/c16-9-8-13(22)15-20-6-4-2-1-3-5-7(6)21(15)23-14(8)12(19)11(18)10(9)17/h1-5H2. The van der Waals surface area contributed by atoms with Crippen LogP contribution in [0.25, 0.3) is 16.6 Å². The van der Waals surface area contributed by atoms with Gasteiger partial charge in [0, 0.05) is 0 Å². The molecule has 0 atom stereocenters. The fourth-order valence-electron chi connectivity index (χ4n) is 3.03. The summed E-state index contributed by atoms with van der Waals surface area (Å²) in [5.41, 5.74) is -1.01. The van der Waals surface area contributed by atoms with Crippen molar-refractivity contribution in [2.24, 2.45) is 0 Å². The third kappa shape index (κ3) is 1.83. The van der Waals surface area contributed by atoms with Crippen LogP contribution in [0, 0.1) is 23.3 Å². The Labute approximate surface area is 126 Å². The number of benzene rings is 1. The van der Waals surface area contributed by atoms with Crippen molar-refractivity contribution in [1.29, 1.82) is 0 Å². The molecule has 1 aliphatic rings. The Bertz CT molecular complexity index is 1020. The van der Waals surface area contributed by atoms with Crippen molar-refractivity contribution in [3.05, 3.63) is 44.9 Å². The van der Waals surface area contributed by atoms with Gasteiger partial charge in [0.05, 0.1) is 11.4 Å². The molecular weight excluding hydrogens is 316 g/mol. The molecule has 0 aliphatic heterocycles. The average molecular weight is 326 g/mol. The van der Waals surface area contributed by atoms with E-state index in [1.807, 2.05) is 0 Å². The maximum Gasteiger partial charge on any atom is 0.238 e. The van der Waals surface area contributed by atoms with Gasteiger partial charge in [0.2, 0.25) is 28.3 Å². The Kier molecular flexibility index (Phi) is 2.97. The number of hydrogen-bond donors (Lipinski definition) is 0. The molecule has 4 nitrogen and oxygen atoms in total. The van der Waals surface area contributed by atoms with Gasteiger partial charge in [0.15, 0.2) is 11.6 Å². The summed E-state index contributed by atoms with van der Waals surface area (Å²) in [5, 5.41) is -0.964. The average Bonchev–Trinajstić information content (AvgIpc) is 2.73. The van der Waals surface area contributed by atoms with Crippen LogP contribution in [-0.2, 0) is 12.8 Å². The maximum atomic E-state index is 13.9. The van der Waals surface area contributed by atoms with Gasteiger partial charge >= 0.3 is 0 Å². The van der Waals surface area contributed by atoms with E-state index in [0.29, 0.717) is 24.2 Å². The molecular formula is C15H10F4N2O2. The predicted octanol–water partition coefficient (Wildman–Crippen LogP) is 3.27. The highest BCUT2D eigenvalue weighted by molar-refractivity contribution is 5.80. The molecule has 0 fully saturated rings. The van der Waals surface area contributed by atoms with Crippen molar-refractivity contribution in [2.75, 3.05) is 0 Å². The van der Waals surface area contributed by atoms with E-state index in [2.05, 4.69) is 4.98 Å². The molecule has 4 rings (SSSR count). The lowest BCUT2D eigenvalue weighted by atomic mass is 10.2. The molecule has 0 radical (unpaired) electrons. The zero-order valence-corrected chi connectivity index (χ0v) is 11.8. The number of rotatable bonds is 0. The van der Waals surface area contributed by atoms with E-state index in [1.54, 1.807) is 0 Å². The van der Waals surface area contributed by atoms with Gasteiger partial charge in [-0.3, -0.25) is 4.79 Å². The van der Waals surface area contributed by atoms with Crippen LogP contribution in [-0.4, -0.2) is 9.56 Å². The van der Waals surface area contributed by atoms with E-state index in [-0.39, 0.29) is 5.65 Å². The Balaban J connectivity index is 2.20. The molecule has 0 bridgehead atoms. The van der Waals surface area contributed by atoms with Crippen molar-refractivity contribution >= 4 is 16.6 Å². The molecule has 0 saturated carbocycles. The number of imidazole rings is 1. The molecule has 1 aliphatic carbocycles. The second-order valence-electron chi connectivity index (χ2n) is 5.56. The van der Waals surface area contributed by atoms with Gasteiger partial charge < -0.3 is 4.52 Å². The fourth-order valence-corrected chi connectivity index (χ4v) is 3.03. The molecule has 0 unspecified atom stereocenters. The molecule has 0 spiro atoms. The Morgan fingerprint density at radius 3 is 2.39 bits per heavy atom. The van der Waals surface area contributed by atoms with Crippen LogP contribution in [0.3, 0.4) is 0 Å². The molecule has 2 heterocycles. The van der Waals surface area contributed by atoms with E-state index in [4.69, 9.17) is 4.52 Å². The largest absolute Gasteiger partial charge is 0.369 e. The van der Waals surface area contributed by atoms with Gasteiger partial charge in [0.1, 0.15) is 5.39 Å². The van der Waals surface area contributed by atoms with Crippen LogP contribution >= 0.6 is 0 Å². The van der Waals surface area contributed by atoms with E-state index in [0.717, 1.165) is 23.8 Å². The molecule has 3 aromatic rings. The zero-order chi connectivity index (χ0) is 16.3. The predicted molar refractivity (Wildman–Crippen MR) is 72.3 cm³/mol. The van der Waals surface area contributed by atoms with Crippen LogP contribution in [0.15, 0.2) is 9.32 Å². The lowest BCUT2D eigenvalue weighted by Crippen LogP contribution is -2.13. The van der Waals surface area contributed by atoms with Gasteiger partial charge in [0.25, 0.3) is 0 Å². The quantitative estimate of drug-likeness (QED) is 0.276. The first-order chi connectivity index (χ1) is 11.0. The minimum atomic E-state index is -2.04. The maximum absolute atomic E-state index is 13.9. The lowest BCUT2D eigenvalue weighted by Gasteiger charge is -2.05. The third-order valence-electron chi connectivity index (χ3n) is 4.18. The van der Waals surface area contributed by atoms with Crippen molar-refractivity contribution in [1.82, 2.24) is 9.56 Å². The van der Waals surface area contributed by atoms with E-state index in [9.17, 15) is 22.4 Å². The van der Waals surface area contributed by atoms with Gasteiger partial charge in [-0.25, -0.2) is 18.2 Å². The first-order valence-corrected chi connectivity index (χ1v) is 7.20. The van der Waals surface area contributed by atoms with E-state index >= 15 is 0 Å². The number of halogens is 4. The Hall–Kier alpha value is -2.38. The van der Waals surface area contributed by atoms with E-state index in [1.165, 1.54) is 0 Å². The number of fused-ring (bicyclic) bond motifs is 4. The molecule has 23 heavy (non-hydrogen) atoms. The normalized spacial score (nSPS) is 15.1. The van der Waals surface area contributed by atoms with Crippen molar-refractivity contribution in [3.8, 4) is 0 Å². The fraction of sp³-hybridized carbons (Fsp3) is 0.333. The zero-order valence-electron chi connectivity index (χ0n) is 11.8. The summed E-state index contributed by atoms with van der Waals surface area (Å²) in [6.45, 7) is 0. The highest BCUT2D eigenvalue weighted by Crippen LogP contribution is 2.27. The summed E-state index contributed by atoms with van der Waals surface area (Å²) in [4.78, 5) is 16.5. The molecule has 2 aromatic heterocycles. The summed E-state index contributed by atoms with van der Waals surface area (Å²) >= 11 is 0. The van der Waals surface area contributed by atoms with Gasteiger partial charge in [-0.2, -0.15) is 8.96 Å². The van der Waals surface area contributed by atoms with Crippen molar-refractivity contribution in [2.45, 2.75) is 32.1 Å². The number of aryl methyl sites for hydroxylation is 2. The molecule has 0 N–H and O–H groups in total. The van der Waals surface area contributed by atoms with Crippen LogP contribution in [0.4, 0.5) is 17.6 Å². The molecule has 1 aromatic carbocycles. The van der Waals surface area contributed by atoms with E-state index < -0.39 is 39.7 Å². The third-order valence-corrected chi connectivity index (χ3v) is 4.18. The Morgan fingerprint density at radius 1 is 0.913 bits per heavy atom. The van der Waals surface area contributed by atoms with Gasteiger partial charge in [-0.15, -0.1) is 0 Å². The summed E-state index contributed by atoms with van der Waals surface area (Å²) in [6, 6.07) is 0. The van der Waals surface area contributed by atoms with Crippen LogP contribution < -0.4 is 5.43 Å². The first-order valence-electron chi connectivity index (χ1n) is 7.20. The number of hydrogen-bond acceptors (Lipinski definition) is 3. The molecule has 120 valence electrons. The number of aromatic nitrogens is 2. The molecule has 0 saturated heterocycles. The number of nitrogens with zero attached hydrogens (tertiary/aromatic N) is 2. The summed E-state index contributed by atoms with van der Waals surface area (Å²) in [7, 11) is 0. The molecule has 8 heteroatoms. The Morgan fingerprint density at radius 2 is 1.61 bits per heavy atom. The summed E-state index contributed by atoms with van der Waals surface area (Å²) < 4.78 is 60.8. The highest BCUT2D eigenvalue weighted by atomic mass is 19.2. The SMILES string of the molecule is O=c1c2c(F)c(F)c(F)c(F)c2on2c3c(nc12)CCCCC3. The monoisotopic (exact) mass is 326 g/mol. The van der Waals surface area contributed by atoms with Gasteiger partial charge in [-0.1, -0.05) is 6.42 Å². The first kappa shape index (κ1) is 14.2. The van der Waals surface area contributed by atoms with Crippen molar-refractivity contribution < 1.29 is 22.1 Å². The summed E-state index contributed by atoms with van der Waals surface area (Å²) in [5.74, 6) is -7.55. The van der Waals surface area contributed by atoms with Crippen LogP contribution in [0.2, 0.25) is 0 Å². The smallest absolute Gasteiger partial charge is 0.238 e. The van der Waals surface area contributed by atoms with Crippen molar-refractivity contribution in [3.63, 3.8) is 0 Å². The second-order valence-corrected chi connectivity index (χ2v) is 5.56. The molecule has 0 amide bonds. The minimum Gasteiger partial charge on any atom is -0.369 e. The second kappa shape index (κ2) is 4.81. The lowest BCUT2D eigenvalue weighted by molar-refractivity contribution is 0.355. The van der Waals surface area contributed by atoms with Crippen LogP contribution in [0.1, 0.15) is 30.7 Å². The highest BCUT2D eigenvalue weighted by Gasteiger charge is 2.28. The van der Waals surface area contributed by atoms with Crippen LogP contribution in [0.5, 0.6) is 0 Å². The minimum absolute atomic E-state index is 0.242. The van der Waals surface area contributed by atoms with Gasteiger partial charge in [-0.05, 0) is 25.7 Å². The topological polar surface area (TPSA) is 47.5 Å².